The van der Waals surface area contributed by atoms with Crippen LogP contribution in [-0.4, -0.2) is 38.3 Å². The van der Waals surface area contributed by atoms with Crippen molar-refractivity contribution in [1.82, 2.24) is 25.2 Å². The van der Waals surface area contributed by atoms with Crippen LogP contribution in [0.4, 0.5) is 17.3 Å². The largest absolute Gasteiger partial charge is 0.323 e. The van der Waals surface area contributed by atoms with E-state index in [0.717, 1.165) is 57.8 Å². The fourth-order valence-corrected chi connectivity index (χ4v) is 4.35. The predicted molar refractivity (Wildman–Crippen MR) is 121 cm³/mol. The molecule has 2 aromatic heterocycles. The number of nitrogens with zero attached hydrogens (tertiary/aromatic N) is 4. The quantitative estimate of drug-likeness (QED) is 0.388. The van der Waals surface area contributed by atoms with Crippen LogP contribution in [0.2, 0.25) is 0 Å². The minimum atomic E-state index is 0.690. The molecule has 1 fully saturated rings. The summed E-state index contributed by atoms with van der Waals surface area (Å²) >= 11 is 1.56. The zero-order valence-corrected chi connectivity index (χ0v) is 17.7. The average molecular weight is 418 g/mol. The molecule has 1 aliphatic heterocycles. The molecule has 30 heavy (non-hydrogen) atoms. The van der Waals surface area contributed by atoms with Gasteiger partial charge in [0.25, 0.3) is 0 Å². The molecular weight excluding hydrogens is 394 g/mol. The van der Waals surface area contributed by atoms with Crippen LogP contribution < -0.4 is 10.7 Å². The standard InChI is InChI=1S/C22H23N7S/c1-14-12-29(13-14)28-18-9-5-6-10-19(18)30-22-23-17-8-4-3-7-16(17)21(25-22)24-20-11-15(2)26-27-20/h3-11,14,28H,12-13H2,1-2H3,(H2,23,24,25,26,27). The Kier molecular flexibility index (Phi) is 5.02. The van der Waals surface area contributed by atoms with Gasteiger partial charge < -0.3 is 10.7 Å². The lowest BCUT2D eigenvalue weighted by molar-refractivity contribution is 0.146. The third kappa shape index (κ3) is 3.96. The summed E-state index contributed by atoms with van der Waals surface area (Å²) < 4.78 is 0. The molecule has 4 aromatic rings. The minimum Gasteiger partial charge on any atom is -0.323 e. The summed E-state index contributed by atoms with van der Waals surface area (Å²) in [6, 6.07) is 18.2. The van der Waals surface area contributed by atoms with Crippen LogP contribution in [0.25, 0.3) is 10.9 Å². The Morgan fingerprint density at radius 3 is 2.67 bits per heavy atom. The van der Waals surface area contributed by atoms with E-state index in [2.05, 4.69) is 45.0 Å². The highest BCUT2D eigenvalue weighted by atomic mass is 32.2. The summed E-state index contributed by atoms with van der Waals surface area (Å²) in [4.78, 5) is 10.7. The van der Waals surface area contributed by atoms with Gasteiger partial charge in [0.15, 0.2) is 11.0 Å². The van der Waals surface area contributed by atoms with E-state index in [1.165, 1.54) is 0 Å². The van der Waals surface area contributed by atoms with Gasteiger partial charge in [-0.25, -0.2) is 15.0 Å². The molecule has 0 atom stereocenters. The summed E-state index contributed by atoms with van der Waals surface area (Å²) in [6.07, 6.45) is 0. The van der Waals surface area contributed by atoms with Gasteiger partial charge in [-0.15, -0.1) is 0 Å². The molecule has 0 bridgehead atoms. The Morgan fingerprint density at radius 1 is 1.07 bits per heavy atom. The maximum atomic E-state index is 4.81. The van der Waals surface area contributed by atoms with Gasteiger partial charge in [-0.2, -0.15) is 5.10 Å². The first kappa shape index (κ1) is 18.9. The van der Waals surface area contributed by atoms with Crippen molar-refractivity contribution in [3.8, 4) is 0 Å². The molecule has 0 aliphatic carbocycles. The van der Waals surface area contributed by atoms with Crippen molar-refractivity contribution in [1.29, 1.82) is 0 Å². The number of aromatic amines is 1. The van der Waals surface area contributed by atoms with Gasteiger partial charge in [0, 0.05) is 35.1 Å². The Balaban J connectivity index is 1.46. The smallest absolute Gasteiger partial charge is 0.195 e. The lowest BCUT2D eigenvalue weighted by Gasteiger charge is -2.38. The number of aryl methyl sites for hydroxylation is 1. The molecule has 3 heterocycles. The number of nitrogens with one attached hydrogen (secondary N) is 3. The van der Waals surface area contributed by atoms with Crippen molar-refractivity contribution in [2.75, 3.05) is 23.8 Å². The molecule has 0 saturated carbocycles. The fourth-order valence-electron chi connectivity index (χ4n) is 3.51. The van der Waals surface area contributed by atoms with E-state index in [0.29, 0.717) is 5.16 Å². The molecule has 2 aromatic carbocycles. The monoisotopic (exact) mass is 417 g/mol. The first-order chi connectivity index (χ1) is 14.6. The summed E-state index contributed by atoms with van der Waals surface area (Å²) in [5.74, 6) is 2.22. The van der Waals surface area contributed by atoms with Crippen molar-refractivity contribution >= 4 is 40.0 Å². The van der Waals surface area contributed by atoms with E-state index in [1.54, 1.807) is 11.8 Å². The molecular formula is C22H23N7S. The third-order valence-corrected chi connectivity index (χ3v) is 5.91. The van der Waals surface area contributed by atoms with Gasteiger partial charge in [0.2, 0.25) is 0 Å². The van der Waals surface area contributed by atoms with Crippen LogP contribution >= 0.6 is 11.8 Å². The Labute approximate surface area is 179 Å². The van der Waals surface area contributed by atoms with Gasteiger partial charge in [-0.05, 0) is 48.9 Å². The Hall–Kier alpha value is -3.10. The topological polar surface area (TPSA) is 81.8 Å². The molecule has 0 unspecified atom stereocenters. The third-order valence-electron chi connectivity index (χ3n) is 4.97. The zero-order chi connectivity index (χ0) is 20.5. The summed E-state index contributed by atoms with van der Waals surface area (Å²) in [5.41, 5.74) is 6.48. The van der Waals surface area contributed by atoms with Gasteiger partial charge in [0.1, 0.15) is 5.82 Å². The molecule has 1 aliphatic rings. The molecule has 0 spiro atoms. The SMILES string of the molecule is Cc1cc(Nc2nc(Sc3ccccc3NN3CC(C)C3)nc3ccccc23)n[nH]1. The van der Waals surface area contributed by atoms with E-state index in [9.17, 15) is 0 Å². The van der Waals surface area contributed by atoms with E-state index >= 15 is 0 Å². The Morgan fingerprint density at radius 2 is 1.87 bits per heavy atom. The molecule has 0 radical (unpaired) electrons. The average Bonchev–Trinajstić information content (AvgIpc) is 3.13. The summed E-state index contributed by atoms with van der Waals surface area (Å²) in [6.45, 7) is 6.35. The zero-order valence-electron chi connectivity index (χ0n) is 16.9. The van der Waals surface area contributed by atoms with Gasteiger partial charge in [-0.3, -0.25) is 5.10 Å². The van der Waals surface area contributed by atoms with Crippen molar-refractivity contribution in [3.63, 3.8) is 0 Å². The maximum absolute atomic E-state index is 4.81. The van der Waals surface area contributed by atoms with Crippen molar-refractivity contribution < 1.29 is 0 Å². The van der Waals surface area contributed by atoms with Crippen LogP contribution in [0.15, 0.2) is 64.6 Å². The van der Waals surface area contributed by atoms with Crippen LogP contribution in [-0.2, 0) is 0 Å². The van der Waals surface area contributed by atoms with E-state index in [4.69, 9.17) is 9.97 Å². The Bertz CT molecular complexity index is 1180. The number of H-pyrrole nitrogens is 1. The number of rotatable bonds is 6. The molecule has 7 nitrogen and oxygen atoms in total. The normalized spacial score (nSPS) is 14.6. The minimum absolute atomic E-state index is 0.690. The van der Waals surface area contributed by atoms with Gasteiger partial charge in [0.05, 0.1) is 11.2 Å². The second-order valence-electron chi connectivity index (χ2n) is 7.65. The highest BCUT2D eigenvalue weighted by Gasteiger charge is 2.23. The molecule has 152 valence electrons. The van der Waals surface area contributed by atoms with Crippen molar-refractivity contribution in [2.24, 2.45) is 5.92 Å². The highest BCUT2D eigenvalue weighted by molar-refractivity contribution is 7.99. The first-order valence-corrected chi connectivity index (χ1v) is 10.8. The summed E-state index contributed by atoms with van der Waals surface area (Å²) in [5, 5.41) is 14.5. The lowest BCUT2D eigenvalue weighted by atomic mass is 10.1. The molecule has 3 N–H and O–H groups in total. The second kappa shape index (κ2) is 7.97. The van der Waals surface area contributed by atoms with E-state index in [-0.39, 0.29) is 0 Å². The fraction of sp³-hybridized carbons (Fsp3) is 0.227. The lowest BCUT2D eigenvalue weighted by Crippen LogP contribution is -2.48. The van der Waals surface area contributed by atoms with Crippen LogP contribution in [0.1, 0.15) is 12.6 Å². The molecule has 0 amide bonds. The van der Waals surface area contributed by atoms with Gasteiger partial charge in [-0.1, -0.05) is 31.2 Å². The predicted octanol–water partition coefficient (Wildman–Crippen LogP) is 4.83. The van der Waals surface area contributed by atoms with Gasteiger partial charge >= 0.3 is 0 Å². The number of benzene rings is 2. The number of hydrazine groups is 1. The van der Waals surface area contributed by atoms with Crippen molar-refractivity contribution in [2.45, 2.75) is 23.9 Å². The number of para-hydroxylation sites is 2. The van der Waals surface area contributed by atoms with E-state index < -0.39 is 0 Å². The molecule has 1 saturated heterocycles. The molecule has 5 rings (SSSR count). The number of hydrogen-bond donors (Lipinski definition) is 3. The van der Waals surface area contributed by atoms with Crippen LogP contribution in [0.5, 0.6) is 0 Å². The maximum Gasteiger partial charge on any atom is 0.195 e. The first-order valence-electron chi connectivity index (χ1n) is 9.98. The van der Waals surface area contributed by atoms with Crippen LogP contribution in [0.3, 0.4) is 0 Å². The van der Waals surface area contributed by atoms with E-state index in [1.807, 2.05) is 49.4 Å². The summed E-state index contributed by atoms with van der Waals surface area (Å²) in [7, 11) is 0. The number of aromatic nitrogens is 4. The van der Waals surface area contributed by atoms with Crippen molar-refractivity contribution in [3.05, 3.63) is 60.3 Å². The number of hydrogen-bond acceptors (Lipinski definition) is 7. The highest BCUT2D eigenvalue weighted by Crippen LogP contribution is 2.35. The van der Waals surface area contributed by atoms with Crippen LogP contribution in [0, 0.1) is 12.8 Å². The molecule has 8 heteroatoms. The number of anilines is 3. The second-order valence-corrected chi connectivity index (χ2v) is 8.66. The number of fused-ring (bicyclic) bond motifs is 1.